The molecule has 100 valence electrons. The largest absolute Gasteiger partial charge is 0.478 e. The first kappa shape index (κ1) is 13.4. The summed E-state index contributed by atoms with van der Waals surface area (Å²) in [5, 5.41) is 13.9. The topological polar surface area (TPSA) is 81.1 Å². The maximum absolute atomic E-state index is 11.3. The molecule has 5 nitrogen and oxygen atoms in total. The molecule has 0 amide bonds. The van der Waals surface area contributed by atoms with Crippen LogP contribution in [0, 0.1) is 20.8 Å². The number of carboxylic acids is 1. The normalized spacial score (nSPS) is 10.7. The Morgan fingerprint density at radius 3 is 2.47 bits per heavy atom. The average molecular weight is 280 g/mol. The van der Waals surface area contributed by atoms with Crippen LogP contribution in [-0.4, -0.2) is 20.9 Å². The molecule has 1 aromatic heterocycles. The first-order valence-corrected chi connectivity index (χ1v) is 6.06. The predicted octanol–water partition coefficient (Wildman–Crippen LogP) is 2.73. The van der Waals surface area contributed by atoms with Crippen LogP contribution in [0.4, 0.5) is 5.69 Å². The Kier molecular flexibility index (Phi) is 3.24. The third-order valence-corrected chi connectivity index (χ3v) is 3.47. The molecule has 0 radical (unpaired) electrons. The number of anilines is 1. The molecule has 0 aliphatic heterocycles. The van der Waals surface area contributed by atoms with Crippen LogP contribution in [0.2, 0.25) is 5.02 Å². The number of hydrogen-bond acceptors (Lipinski definition) is 3. The van der Waals surface area contributed by atoms with Crippen molar-refractivity contribution in [1.29, 1.82) is 0 Å². The number of carboxylic acid groups (broad SMARTS) is 1. The van der Waals surface area contributed by atoms with Crippen LogP contribution in [-0.2, 0) is 0 Å². The lowest BCUT2D eigenvalue weighted by Crippen LogP contribution is -2.10. The number of hydrogen-bond donors (Lipinski definition) is 2. The number of halogens is 1. The van der Waals surface area contributed by atoms with Crippen LogP contribution in [0.3, 0.4) is 0 Å². The number of aromatic nitrogens is 2. The van der Waals surface area contributed by atoms with Gasteiger partial charge in [0, 0.05) is 11.4 Å². The SMILES string of the molecule is Cc1nn(-c2c(Cl)cc(N)cc2C(=O)O)c(C)c1C. The maximum Gasteiger partial charge on any atom is 0.338 e. The second kappa shape index (κ2) is 4.59. The number of nitrogen functional groups attached to an aromatic ring is 1. The zero-order valence-corrected chi connectivity index (χ0v) is 11.6. The lowest BCUT2D eigenvalue weighted by atomic mass is 10.1. The van der Waals surface area contributed by atoms with E-state index in [0.717, 1.165) is 17.0 Å². The van der Waals surface area contributed by atoms with Gasteiger partial charge < -0.3 is 10.8 Å². The lowest BCUT2D eigenvalue weighted by Gasteiger charge is -2.11. The van der Waals surface area contributed by atoms with Gasteiger partial charge in [-0.15, -0.1) is 0 Å². The smallest absolute Gasteiger partial charge is 0.338 e. The molecule has 1 heterocycles. The number of nitrogens with zero attached hydrogens (tertiary/aromatic N) is 2. The molecule has 2 rings (SSSR count). The van der Waals surface area contributed by atoms with Gasteiger partial charge in [0.25, 0.3) is 0 Å². The molecular weight excluding hydrogens is 266 g/mol. The molecular formula is C13H14ClN3O2. The highest BCUT2D eigenvalue weighted by molar-refractivity contribution is 6.33. The fraction of sp³-hybridized carbons (Fsp3) is 0.231. The van der Waals surface area contributed by atoms with Gasteiger partial charge >= 0.3 is 5.97 Å². The molecule has 3 N–H and O–H groups in total. The lowest BCUT2D eigenvalue weighted by molar-refractivity contribution is 0.0697. The van der Waals surface area contributed by atoms with Crippen molar-refractivity contribution < 1.29 is 9.90 Å². The van der Waals surface area contributed by atoms with Crippen LogP contribution in [0.25, 0.3) is 5.69 Å². The van der Waals surface area contributed by atoms with Crippen molar-refractivity contribution in [3.63, 3.8) is 0 Å². The van der Waals surface area contributed by atoms with Crippen molar-refractivity contribution >= 4 is 23.3 Å². The molecule has 2 aromatic rings. The van der Waals surface area contributed by atoms with E-state index in [-0.39, 0.29) is 10.6 Å². The van der Waals surface area contributed by atoms with Gasteiger partial charge in [-0.3, -0.25) is 0 Å². The number of carbonyl (C=O) groups is 1. The second-order valence-electron chi connectivity index (χ2n) is 4.41. The van der Waals surface area contributed by atoms with E-state index in [9.17, 15) is 9.90 Å². The quantitative estimate of drug-likeness (QED) is 0.828. The second-order valence-corrected chi connectivity index (χ2v) is 4.82. The summed E-state index contributed by atoms with van der Waals surface area (Å²) in [4.78, 5) is 11.3. The Morgan fingerprint density at radius 1 is 1.37 bits per heavy atom. The molecule has 1 aromatic carbocycles. The summed E-state index contributed by atoms with van der Waals surface area (Å²) < 4.78 is 1.55. The Hall–Kier alpha value is -2.01. The monoisotopic (exact) mass is 279 g/mol. The Labute approximate surface area is 115 Å². The summed E-state index contributed by atoms with van der Waals surface area (Å²) in [6.45, 7) is 5.66. The third kappa shape index (κ3) is 2.17. The first-order valence-electron chi connectivity index (χ1n) is 5.68. The number of nitrogens with two attached hydrogens (primary N) is 1. The molecule has 0 atom stereocenters. The van der Waals surface area contributed by atoms with Gasteiger partial charge in [0.05, 0.1) is 22.0 Å². The Morgan fingerprint density at radius 2 is 2.00 bits per heavy atom. The number of benzene rings is 1. The Balaban J connectivity index is 2.81. The van der Waals surface area contributed by atoms with Gasteiger partial charge in [-0.05, 0) is 38.5 Å². The van der Waals surface area contributed by atoms with E-state index >= 15 is 0 Å². The van der Waals surface area contributed by atoms with E-state index in [2.05, 4.69) is 5.10 Å². The van der Waals surface area contributed by atoms with Gasteiger partial charge in [-0.2, -0.15) is 5.10 Å². The predicted molar refractivity (Wildman–Crippen MR) is 74.2 cm³/mol. The minimum Gasteiger partial charge on any atom is -0.478 e. The summed E-state index contributed by atoms with van der Waals surface area (Å²) in [6.07, 6.45) is 0. The molecule has 0 bridgehead atoms. The van der Waals surface area contributed by atoms with Crippen LogP contribution < -0.4 is 5.73 Å². The highest BCUT2D eigenvalue weighted by Crippen LogP contribution is 2.29. The summed E-state index contributed by atoms with van der Waals surface area (Å²) >= 11 is 6.14. The fourth-order valence-corrected chi connectivity index (χ4v) is 2.24. The van der Waals surface area contributed by atoms with E-state index < -0.39 is 5.97 Å². The van der Waals surface area contributed by atoms with E-state index in [1.165, 1.54) is 12.1 Å². The molecule has 0 aliphatic carbocycles. The molecule has 19 heavy (non-hydrogen) atoms. The van der Waals surface area contributed by atoms with Crippen LogP contribution in [0.15, 0.2) is 12.1 Å². The first-order chi connectivity index (χ1) is 8.82. The molecule has 0 saturated heterocycles. The van der Waals surface area contributed by atoms with Crippen LogP contribution >= 0.6 is 11.6 Å². The van der Waals surface area contributed by atoms with Crippen LogP contribution in [0.1, 0.15) is 27.3 Å². The minimum absolute atomic E-state index is 0.0376. The van der Waals surface area contributed by atoms with Crippen molar-refractivity contribution in [1.82, 2.24) is 9.78 Å². The zero-order valence-electron chi connectivity index (χ0n) is 10.9. The van der Waals surface area contributed by atoms with Crippen molar-refractivity contribution in [2.45, 2.75) is 20.8 Å². The summed E-state index contributed by atoms with van der Waals surface area (Å²) in [6, 6.07) is 2.91. The fourth-order valence-electron chi connectivity index (χ4n) is 1.94. The zero-order chi connectivity index (χ0) is 14.3. The summed E-state index contributed by atoms with van der Waals surface area (Å²) in [5.41, 5.74) is 9.02. The van der Waals surface area contributed by atoms with Crippen molar-refractivity contribution in [3.8, 4) is 5.69 Å². The van der Waals surface area contributed by atoms with Crippen LogP contribution in [0.5, 0.6) is 0 Å². The summed E-state index contributed by atoms with van der Waals surface area (Å²) in [5.74, 6) is -1.09. The summed E-state index contributed by atoms with van der Waals surface area (Å²) in [7, 11) is 0. The number of aromatic carboxylic acids is 1. The molecule has 0 unspecified atom stereocenters. The van der Waals surface area contributed by atoms with Crippen molar-refractivity contribution in [2.75, 3.05) is 5.73 Å². The number of aryl methyl sites for hydroxylation is 1. The standard InChI is InChI=1S/C13H14ClN3O2/c1-6-7(2)16-17(8(6)3)12-10(13(18)19)4-9(15)5-11(12)14/h4-5H,15H2,1-3H3,(H,18,19). The Bertz CT molecular complexity index is 677. The van der Waals surface area contributed by atoms with E-state index in [1.807, 2.05) is 20.8 Å². The highest BCUT2D eigenvalue weighted by atomic mass is 35.5. The third-order valence-electron chi connectivity index (χ3n) is 3.18. The van der Waals surface area contributed by atoms with Gasteiger partial charge in [0.15, 0.2) is 0 Å². The van der Waals surface area contributed by atoms with E-state index in [0.29, 0.717) is 11.4 Å². The molecule has 6 heteroatoms. The molecule has 0 spiro atoms. The minimum atomic E-state index is -1.09. The van der Waals surface area contributed by atoms with Crippen molar-refractivity contribution in [3.05, 3.63) is 39.7 Å². The molecule has 0 saturated carbocycles. The highest BCUT2D eigenvalue weighted by Gasteiger charge is 2.20. The molecule has 0 aliphatic rings. The maximum atomic E-state index is 11.3. The average Bonchev–Trinajstić information content (AvgIpc) is 2.56. The van der Waals surface area contributed by atoms with E-state index in [1.54, 1.807) is 4.68 Å². The van der Waals surface area contributed by atoms with Gasteiger partial charge in [0.1, 0.15) is 0 Å². The van der Waals surface area contributed by atoms with Gasteiger partial charge in [0.2, 0.25) is 0 Å². The van der Waals surface area contributed by atoms with Crippen molar-refractivity contribution in [2.24, 2.45) is 0 Å². The number of rotatable bonds is 2. The van der Waals surface area contributed by atoms with E-state index in [4.69, 9.17) is 17.3 Å². The van der Waals surface area contributed by atoms with Gasteiger partial charge in [-0.25, -0.2) is 9.48 Å². The van der Waals surface area contributed by atoms with Gasteiger partial charge in [-0.1, -0.05) is 11.6 Å². The molecule has 0 fully saturated rings.